The molecule has 0 spiro atoms. The van der Waals surface area contributed by atoms with E-state index in [2.05, 4.69) is 0 Å². The van der Waals surface area contributed by atoms with Crippen LogP contribution in [0.2, 0.25) is 0 Å². The highest BCUT2D eigenvalue weighted by molar-refractivity contribution is 7.98. The van der Waals surface area contributed by atoms with Crippen LogP contribution in [0.1, 0.15) is 10.4 Å². The summed E-state index contributed by atoms with van der Waals surface area (Å²) in [5.74, 6) is -0.434. The second-order valence-electron chi connectivity index (χ2n) is 4.49. The van der Waals surface area contributed by atoms with E-state index in [0.29, 0.717) is 4.90 Å². The Morgan fingerprint density at radius 1 is 1.40 bits per heavy atom. The molecule has 20 heavy (non-hydrogen) atoms. The molecule has 0 saturated carbocycles. The van der Waals surface area contributed by atoms with E-state index >= 15 is 0 Å². The Morgan fingerprint density at radius 2 is 2.00 bits per heavy atom. The van der Waals surface area contributed by atoms with E-state index in [9.17, 15) is 25.1 Å². The Bertz CT molecular complexity index is 541. The molecule has 2 N–H and O–H groups in total. The van der Waals surface area contributed by atoms with Crippen molar-refractivity contribution in [2.75, 3.05) is 19.3 Å². The first-order valence-electron chi connectivity index (χ1n) is 5.92. The SMILES string of the molecule is CSc1ccc(C(=O)N2C[C@@H](O)[C@@H](O)C2)cc1[N+](=O)[O-]. The maximum atomic E-state index is 12.2. The average Bonchev–Trinajstić information content (AvgIpc) is 2.77. The van der Waals surface area contributed by atoms with Crippen LogP contribution >= 0.6 is 11.8 Å². The van der Waals surface area contributed by atoms with Crippen molar-refractivity contribution in [3.8, 4) is 0 Å². The molecule has 2 atom stereocenters. The zero-order valence-electron chi connectivity index (χ0n) is 10.7. The van der Waals surface area contributed by atoms with Crippen LogP contribution in [0.15, 0.2) is 23.1 Å². The molecule has 1 heterocycles. The second-order valence-corrected chi connectivity index (χ2v) is 5.34. The standard InChI is InChI=1S/C12H14N2O5S/c1-20-11-3-2-7(4-8(11)14(18)19)12(17)13-5-9(15)10(16)6-13/h2-4,9-10,15-16H,5-6H2,1H3/t9-,10+. The molecule has 1 amide bonds. The van der Waals surface area contributed by atoms with Crippen molar-refractivity contribution >= 4 is 23.4 Å². The van der Waals surface area contributed by atoms with E-state index in [-0.39, 0.29) is 24.3 Å². The topological polar surface area (TPSA) is 104 Å². The normalized spacial score (nSPS) is 22.1. The first kappa shape index (κ1) is 14.8. The number of thioether (sulfide) groups is 1. The van der Waals surface area contributed by atoms with Gasteiger partial charge in [-0.15, -0.1) is 11.8 Å². The molecular formula is C12H14N2O5S. The highest BCUT2D eigenvalue weighted by atomic mass is 32.2. The number of nitro groups is 1. The van der Waals surface area contributed by atoms with Crippen molar-refractivity contribution < 1.29 is 19.9 Å². The van der Waals surface area contributed by atoms with E-state index in [1.807, 2.05) is 0 Å². The summed E-state index contributed by atoms with van der Waals surface area (Å²) in [6.07, 6.45) is -0.226. The number of β-amino-alcohol motifs (C(OH)–C–C–N with tert-alkyl or cyclic N) is 2. The predicted molar refractivity (Wildman–Crippen MR) is 72.8 cm³/mol. The van der Waals surface area contributed by atoms with Crippen LogP contribution in [0, 0.1) is 10.1 Å². The minimum Gasteiger partial charge on any atom is -0.388 e. The van der Waals surface area contributed by atoms with E-state index in [0.717, 1.165) is 0 Å². The molecule has 1 aliphatic rings. The zero-order chi connectivity index (χ0) is 14.9. The number of likely N-dealkylation sites (tertiary alicyclic amines) is 1. The molecule has 7 nitrogen and oxygen atoms in total. The van der Waals surface area contributed by atoms with Gasteiger partial charge >= 0.3 is 0 Å². The fraction of sp³-hybridized carbons (Fsp3) is 0.417. The number of nitrogens with zero attached hydrogens (tertiary/aromatic N) is 2. The van der Waals surface area contributed by atoms with Gasteiger partial charge in [-0.1, -0.05) is 0 Å². The molecule has 2 rings (SSSR count). The summed E-state index contributed by atoms with van der Waals surface area (Å²) >= 11 is 1.23. The molecule has 0 radical (unpaired) electrons. The van der Waals surface area contributed by atoms with Gasteiger partial charge in [0.2, 0.25) is 0 Å². The lowest BCUT2D eigenvalue weighted by Gasteiger charge is -2.15. The second kappa shape index (κ2) is 5.78. The summed E-state index contributed by atoms with van der Waals surface area (Å²) < 4.78 is 0. The van der Waals surface area contributed by atoms with Crippen LogP contribution in [0.3, 0.4) is 0 Å². The number of nitro benzene ring substituents is 1. The van der Waals surface area contributed by atoms with Crippen molar-refractivity contribution in [3.63, 3.8) is 0 Å². The number of carbonyl (C=O) groups excluding carboxylic acids is 1. The molecule has 0 unspecified atom stereocenters. The van der Waals surface area contributed by atoms with E-state index < -0.39 is 23.0 Å². The van der Waals surface area contributed by atoms with Gasteiger partial charge in [0.05, 0.1) is 22.0 Å². The Morgan fingerprint density at radius 3 is 2.50 bits per heavy atom. The maximum absolute atomic E-state index is 12.2. The Kier molecular flexibility index (Phi) is 4.26. The van der Waals surface area contributed by atoms with Gasteiger partial charge in [0, 0.05) is 24.7 Å². The summed E-state index contributed by atoms with van der Waals surface area (Å²) in [4.78, 5) is 24.4. The van der Waals surface area contributed by atoms with Gasteiger partial charge in [0.15, 0.2) is 0 Å². The molecule has 0 aromatic heterocycles. The predicted octanol–water partition coefficient (Wildman–Crippen LogP) is 0.494. The molecular weight excluding hydrogens is 284 g/mol. The lowest BCUT2D eigenvalue weighted by molar-refractivity contribution is -0.387. The molecule has 1 aromatic carbocycles. The third-order valence-electron chi connectivity index (χ3n) is 3.17. The summed E-state index contributed by atoms with van der Waals surface area (Å²) in [6, 6.07) is 4.27. The fourth-order valence-corrected chi connectivity index (χ4v) is 2.63. The first-order chi connectivity index (χ1) is 9.43. The van der Waals surface area contributed by atoms with Crippen LogP contribution in [0.4, 0.5) is 5.69 Å². The summed E-state index contributed by atoms with van der Waals surface area (Å²) in [5.41, 5.74) is 0.0550. The lowest BCUT2D eigenvalue weighted by atomic mass is 10.2. The van der Waals surface area contributed by atoms with Crippen LogP contribution < -0.4 is 0 Å². The highest BCUT2D eigenvalue weighted by Crippen LogP contribution is 2.29. The summed E-state index contributed by atoms with van der Waals surface area (Å²) in [5, 5.41) is 29.8. The monoisotopic (exact) mass is 298 g/mol. The van der Waals surface area contributed by atoms with Crippen molar-refractivity contribution in [3.05, 3.63) is 33.9 Å². The number of benzene rings is 1. The van der Waals surface area contributed by atoms with E-state index in [1.54, 1.807) is 6.26 Å². The fourth-order valence-electron chi connectivity index (χ4n) is 2.08. The Labute approximate surface area is 119 Å². The largest absolute Gasteiger partial charge is 0.388 e. The Balaban J connectivity index is 2.27. The van der Waals surface area contributed by atoms with E-state index in [4.69, 9.17) is 0 Å². The van der Waals surface area contributed by atoms with Crippen molar-refractivity contribution in [1.29, 1.82) is 0 Å². The number of aliphatic hydroxyl groups excluding tert-OH is 2. The minimum absolute atomic E-state index is 0.0259. The molecule has 108 valence electrons. The molecule has 0 aliphatic carbocycles. The average molecular weight is 298 g/mol. The van der Waals surface area contributed by atoms with Crippen molar-refractivity contribution in [2.45, 2.75) is 17.1 Å². The smallest absolute Gasteiger partial charge is 0.283 e. The maximum Gasteiger partial charge on any atom is 0.283 e. The van der Waals surface area contributed by atoms with Crippen LogP contribution in [-0.2, 0) is 0 Å². The number of hydrogen-bond acceptors (Lipinski definition) is 6. The minimum atomic E-state index is -0.973. The van der Waals surface area contributed by atoms with E-state index in [1.165, 1.54) is 34.9 Å². The number of rotatable bonds is 3. The van der Waals surface area contributed by atoms with Gasteiger partial charge in [-0.3, -0.25) is 14.9 Å². The molecule has 0 bridgehead atoms. The lowest BCUT2D eigenvalue weighted by Crippen LogP contribution is -2.29. The molecule has 1 saturated heterocycles. The number of carbonyl (C=O) groups is 1. The first-order valence-corrected chi connectivity index (χ1v) is 7.14. The summed E-state index contributed by atoms with van der Waals surface area (Å²) in [7, 11) is 0. The Hall–Kier alpha value is -1.64. The quantitative estimate of drug-likeness (QED) is 0.478. The number of aliphatic hydroxyl groups is 2. The van der Waals surface area contributed by atoms with Crippen LogP contribution in [0.5, 0.6) is 0 Å². The van der Waals surface area contributed by atoms with Gasteiger partial charge in [-0.2, -0.15) is 0 Å². The molecule has 1 aromatic rings. The van der Waals surface area contributed by atoms with Crippen LogP contribution in [0.25, 0.3) is 0 Å². The van der Waals surface area contributed by atoms with Crippen molar-refractivity contribution in [1.82, 2.24) is 4.90 Å². The van der Waals surface area contributed by atoms with Crippen LogP contribution in [-0.4, -0.2) is 57.5 Å². The molecule has 1 fully saturated rings. The van der Waals surface area contributed by atoms with Crippen molar-refractivity contribution in [2.24, 2.45) is 0 Å². The van der Waals surface area contributed by atoms with Gasteiger partial charge < -0.3 is 15.1 Å². The third-order valence-corrected chi connectivity index (χ3v) is 3.95. The zero-order valence-corrected chi connectivity index (χ0v) is 11.5. The third kappa shape index (κ3) is 2.77. The van der Waals surface area contributed by atoms with Gasteiger partial charge in [-0.25, -0.2) is 0 Å². The van der Waals surface area contributed by atoms with Gasteiger partial charge in [0.1, 0.15) is 0 Å². The summed E-state index contributed by atoms with van der Waals surface area (Å²) in [6.45, 7) is 0.0517. The highest BCUT2D eigenvalue weighted by Gasteiger charge is 2.33. The molecule has 8 heteroatoms. The van der Waals surface area contributed by atoms with Gasteiger partial charge in [-0.05, 0) is 18.4 Å². The number of hydrogen-bond donors (Lipinski definition) is 2. The molecule has 1 aliphatic heterocycles. The van der Waals surface area contributed by atoms with Gasteiger partial charge in [0.25, 0.3) is 11.6 Å². The number of amides is 1.